The van der Waals surface area contributed by atoms with Crippen molar-refractivity contribution in [1.29, 1.82) is 0 Å². The Morgan fingerprint density at radius 3 is 2.74 bits per heavy atom. The number of ether oxygens (including phenoxy) is 2. The number of imide groups is 1. The van der Waals surface area contributed by atoms with Gasteiger partial charge in [-0.2, -0.15) is 0 Å². The van der Waals surface area contributed by atoms with E-state index in [1.807, 2.05) is 0 Å². The zero-order valence-electron chi connectivity index (χ0n) is 13.0. The van der Waals surface area contributed by atoms with Gasteiger partial charge < -0.3 is 20.1 Å². The summed E-state index contributed by atoms with van der Waals surface area (Å²) >= 11 is 0. The maximum absolute atomic E-state index is 12.8. The van der Waals surface area contributed by atoms with Gasteiger partial charge in [0.15, 0.2) is 11.5 Å². The number of nitrogens with zero attached hydrogens (tertiary/aromatic N) is 1. The summed E-state index contributed by atoms with van der Waals surface area (Å²) in [4.78, 5) is 37.7. The van der Waals surface area contributed by atoms with Gasteiger partial charge in [0.1, 0.15) is 11.6 Å². The minimum Gasteiger partial charge on any atom is -0.454 e. The highest BCUT2D eigenvalue weighted by molar-refractivity contribution is 6.09. The van der Waals surface area contributed by atoms with Crippen LogP contribution in [0.3, 0.4) is 0 Å². The van der Waals surface area contributed by atoms with Crippen LogP contribution in [-0.2, 0) is 15.1 Å². The van der Waals surface area contributed by atoms with E-state index in [0.29, 0.717) is 17.1 Å². The van der Waals surface area contributed by atoms with Gasteiger partial charge in [-0.3, -0.25) is 9.59 Å². The van der Waals surface area contributed by atoms with Gasteiger partial charge in [-0.25, -0.2) is 9.69 Å². The average molecular weight is 319 g/mol. The van der Waals surface area contributed by atoms with E-state index in [4.69, 9.17) is 9.47 Å². The molecule has 0 spiro atoms. The molecule has 2 heterocycles. The zero-order valence-corrected chi connectivity index (χ0v) is 13.0. The molecule has 3 rings (SSSR count). The first kappa shape index (κ1) is 15.1. The van der Waals surface area contributed by atoms with Crippen LogP contribution in [0.4, 0.5) is 4.79 Å². The molecule has 0 bridgehead atoms. The lowest BCUT2D eigenvalue weighted by molar-refractivity contribution is -0.137. The lowest BCUT2D eigenvalue weighted by Crippen LogP contribution is -2.48. The molecule has 23 heavy (non-hydrogen) atoms. The van der Waals surface area contributed by atoms with Crippen LogP contribution in [-0.4, -0.2) is 42.6 Å². The van der Waals surface area contributed by atoms with Crippen LogP contribution in [0.25, 0.3) is 0 Å². The molecule has 2 atom stereocenters. The Morgan fingerprint density at radius 1 is 1.35 bits per heavy atom. The Balaban J connectivity index is 1.95. The van der Waals surface area contributed by atoms with Gasteiger partial charge in [0, 0.05) is 7.05 Å². The van der Waals surface area contributed by atoms with E-state index in [9.17, 15) is 14.4 Å². The second-order valence-corrected chi connectivity index (χ2v) is 5.59. The minimum absolute atomic E-state index is 0.121. The number of carbonyl (C=O) groups excluding carboxylic acids is 3. The highest BCUT2D eigenvalue weighted by Gasteiger charge is 2.52. The quantitative estimate of drug-likeness (QED) is 0.782. The molecule has 122 valence electrons. The molecule has 0 saturated carbocycles. The van der Waals surface area contributed by atoms with Gasteiger partial charge in [0.2, 0.25) is 12.7 Å². The second kappa shape index (κ2) is 5.15. The molecular weight excluding hydrogens is 302 g/mol. The van der Waals surface area contributed by atoms with Crippen molar-refractivity contribution in [2.24, 2.45) is 0 Å². The predicted octanol–water partition coefficient (Wildman–Crippen LogP) is 0.317. The summed E-state index contributed by atoms with van der Waals surface area (Å²) in [6.07, 6.45) is 0. The summed E-state index contributed by atoms with van der Waals surface area (Å²) in [7, 11) is 1.45. The monoisotopic (exact) mass is 319 g/mol. The smallest absolute Gasteiger partial charge is 0.326 e. The van der Waals surface area contributed by atoms with E-state index in [-0.39, 0.29) is 6.79 Å². The lowest BCUT2D eigenvalue weighted by atomic mass is 9.91. The maximum atomic E-state index is 12.8. The van der Waals surface area contributed by atoms with Crippen molar-refractivity contribution < 1.29 is 23.9 Å². The highest BCUT2D eigenvalue weighted by Crippen LogP contribution is 2.38. The van der Waals surface area contributed by atoms with Crippen molar-refractivity contribution in [3.05, 3.63) is 23.8 Å². The number of benzene rings is 1. The number of hydrogen-bond acceptors (Lipinski definition) is 5. The Kier molecular flexibility index (Phi) is 3.39. The van der Waals surface area contributed by atoms with E-state index >= 15 is 0 Å². The average Bonchev–Trinajstić information content (AvgIpc) is 3.09. The van der Waals surface area contributed by atoms with Crippen molar-refractivity contribution in [3.8, 4) is 11.5 Å². The normalized spacial score (nSPS) is 23.7. The third kappa shape index (κ3) is 2.18. The van der Waals surface area contributed by atoms with Crippen molar-refractivity contribution in [2.45, 2.75) is 25.4 Å². The van der Waals surface area contributed by atoms with Gasteiger partial charge in [-0.05, 0) is 31.5 Å². The fraction of sp³-hybridized carbons (Fsp3) is 0.400. The number of amides is 4. The molecule has 0 aliphatic carbocycles. The second-order valence-electron chi connectivity index (χ2n) is 5.59. The van der Waals surface area contributed by atoms with Gasteiger partial charge in [0.05, 0.1) is 0 Å². The Labute approximate surface area is 132 Å². The minimum atomic E-state index is -1.26. The predicted molar refractivity (Wildman–Crippen MR) is 78.8 cm³/mol. The third-order valence-corrected chi connectivity index (χ3v) is 4.19. The van der Waals surface area contributed by atoms with E-state index < -0.39 is 29.4 Å². The Bertz CT molecular complexity index is 704. The van der Waals surface area contributed by atoms with Crippen LogP contribution in [0.15, 0.2) is 18.2 Å². The SMILES string of the molecule is CNC(=O)[C@H](C)N1C(=O)N[C@](C)(c2ccc3c(c2)OCO3)C1=O. The highest BCUT2D eigenvalue weighted by atomic mass is 16.7. The summed E-state index contributed by atoms with van der Waals surface area (Å²) in [5.74, 6) is 0.203. The first-order valence-electron chi connectivity index (χ1n) is 7.16. The number of carbonyl (C=O) groups is 3. The number of urea groups is 1. The molecule has 2 aliphatic rings. The molecule has 4 amide bonds. The van der Waals surface area contributed by atoms with Crippen LogP contribution < -0.4 is 20.1 Å². The standard InChI is InChI=1S/C15H17N3O5/c1-8(12(19)16-3)18-13(20)15(2,17-14(18)21)9-4-5-10-11(6-9)23-7-22-10/h4-6,8H,7H2,1-3H3,(H,16,19)(H,17,21)/t8-,15+/m0/s1. The Hall–Kier alpha value is -2.77. The van der Waals surface area contributed by atoms with Gasteiger partial charge in [0.25, 0.3) is 5.91 Å². The van der Waals surface area contributed by atoms with Gasteiger partial charge in [-0.15, -0.1) is 0 Å². The summed E-state index contributed by atoms with van der Waals surface area (Å²) in [5.41, 5.74) is -0.702. The largest absolute Gasteiger partial charge is 0.454 e. The number of fused-ring (bicyclic) bond motifs is 1. The van der Waals surface area contributed by atoms with Crippen molar-refractivity contribution >= 4 is 17.8 Å². The molecular formula is C15H17N3O5. The fourth-order valence-corrected chi connectivity index (χ4v) is 2.74. The van der Waals surface area contributed by atoms with E-state index in [1.54, 1.807) is 25.1 Å². The van der Waals surface area contributed by atoms with Crippen molar-refractivity contribution in [3.63, 3.8) is 0 Å². The van der Waals surface area contributed by atoms with E-state index in [1.165, 1.54) is 14.0 Å². The van der Waals surface area contributed by atoms with Crippen LogP contribution in [0, 0.1) is 0 Å². The molecule has 0 aromatic heterocycles. The first-order valence-corrected chi connectivity index (χ1v) is 7.16. The molecule has 8 heteroatoms. The molecule has 1 fully saturated rings. The number of hydrogen-bond donors (Lipinski definition) is 2. The number of likely N-dealkylation sites (N-methyl/N-ethyl adjacent to an activating group) is 1. The molecule has 2 N–H and O–H groups in total. The summed E-state index contributed by atoms with van der Waals surface area (Å²) in [6.45, 7) is 3.22. The van der Waals surface area contributed by atoms with Gasteiger partial charge >= 0.3 is 6.03 Å². The fourth-order valence-electron chi connectivity index (χ4n) is 2.74. The molecule has 2 aliphatic heterocycles. The maximum Gasteiger partial charge on any atom is 0.326 e. The molecule has 1 aromatic rings. The van der Waals surface area contributed by atoms with Gasteiger partial charge in [-0.1, -0.05) is 6.07 Å². The van der Waals surface area contributed by atoms with Crippen LogP contribution in [0.2, 0.25) is 0 Å². The topological polar surface area (TPSA) is 97.0 Å². The number of rotatable bonds is 3. The van der Waals surface area contributed by atoms with E-state index in [2.05, 4.69) is 10.6 Å². The molecule has 1 aromatic carbocycles. The Morgan fingerprint density at radius 2 is 2.04 bits per heavy atom. The summed E-state index contributed by atoms with van der Waals surface area (Å²) in [6, 6.07) is 3.54. The number of nitrogens with one attached hydrogen (secondary N) is 2. The zero-order chi connectivity index (χ0) is 16.8. The third-order valence-electron chi connectivity index (χ3n) is 4.19. The molecule has 1 saturated heterocycles. The summed E-state index contributed by atoms with van der Waals surface area (Å²) < 4.78 is 10.6. The van der Waals surface area contributed by atoms with Crippen molar-refractivity contribution in [2.75, 3.05) is 13.8 Å². The molecule has 8 nitrogen and oxygen atoms in total. The van der Waals surface area contributed by atoms with Crippen molar-refractivity contribution in [1.82, 2.24) is 15.5 Å². The van der Waals surface area contributed by atoms with Crippen LogP contribution in [0.1, 0.15) is 19.4 Å². The van der Waals surface area contributed by atoms with Crippen LogP contribution >= 0.6 is 0 Å². The lowest BCUT2D eigenvalue weighted by Gasteiger charge is -2.24. The molecule has 0 radical (unpaired) electrons. The molecule has 0 unspecified atom stereocenters. The first-order chi connectivity index (χ1) is 10.9. The summed E-state index contributed by atoms with van der Waals surface area (Å²) in [5, 5.41) is 5.09. The van der Waals surface area contributed by atoms with E-state index in [0.717, 1.165) is 4.90 Å². The van der Waals surface area contributed by atoms with Crippen LogP contribution in [0.5, 0.6) is 11.5 Å².